The van der Waals surface area contributed by atoms with Crippen molar-refractivity contribution in [3.63, 3.8) is 0 Å². The first-order valence-corrected chi connectivity index (χ1v) is 18.4. The van der Waals surface area contributed by atoms with Crippen LogP contribution in [0.3, 0.4) is 0 Å². The van der Waals surface area contributed by atoms with Crippen LogP contribution in [0.15, 0.2) is 41.3 Å². The lowest BCUT2D eigenvalue weighted by atomic mass is 9.78. The number of carbonyl (C=O) groups excluding carboxylic acids is 3. The second-order valence-corrected chi connectivity index (χ2v) is 15.0. The van der Waals surface area contributed by atoms with Gasteiger partial charge in [0.25, 0.3) is 11.7 Å². The van der Waals surface area contributed by atoms with E-state index in [4.69, 9.17) is 23.8 Å². The van der Waals surface area contributed by atoms with Crippen LogP contribution in [-0.2, 0) is 28.6 Å². The van der Waals surface area contributed by atoms with E-state index in [2.05, 4.69) is 10.5 Å². The summed E-state index contributed by atoms with van der Waals surface area (Å²) in [5, 5.41) is 63.6. The Hall–Kier alpha value is -5.12. The van der Waals surface area contributed by atoms with E-state index in [0.717, 1.165) is 6.21 Å². The molecule has 0 radical (unpaired) electrons. The Morgan fingerprint density at radius 1 is 0.964 bits per heavy atom. The number of fused-ring (bicyclic) bond motifs is 14. The fourth-order valence-corrected chi connectivity index (χ4v) is 7.08. The molecule has 0 aliphatic carbocycles. The average Bonchev–Trinajstić information content (AvgIpc) is 3.41. The second-order valence-electron chi connectivity index (χ2n) is 15.0. The van der Waals surface area contributed by atoms with Crippen molar-refractivity contribution in [3.05, 3.63) is 52.8 Å². The average molecular weight is 783 g/mol. The monoisotopic (exact) mass is 782 g/mol. The molecule has 0 aromatic heterocycles. The number of esters is 1. The summed E-state index contributed by atoms with van der Waals surface area (Å²) in [4.78, 5) is 45.4. The van der Waals surface area contributed by atoms with Gasteiger partial charge in [0.15, 0.2) is 5.75 Å². The van der Waals surface area contributed by atoms with Gasteiger partial charge in [0.2, 0.25) is 0 Å². The highest BCUT2D eigenvalue weighted by Gasteiger charge is 2.50. The molecule has 9 unspecified atom stereocenters. The van der Waals surface area contributed by atoms with Crippen LogP contribution in [0.2, 0.25) is 0 Å². The van der Waals surface area contributed by atoms with Crippen LogP contribution in [0.4, 0.5) is 5.69 Å². The van der Waals surface area contributed by atoms with E-state index in [1.54, 1.807) is 53.7 Å². The molecule has 0 saturated carbocycles. The summed E-state index contributed by atoms with van der Waals surface area (Å²) < 4.78 is 23.4. The number of rotatable bonds is 5. The minimum absolute atomic E-state index is 0.0334. The summed E-state index contributed by atoms with van der Waals surface area (Å²) >= 11 is 0. The quantitative estimate of drug-likeness (QED) is 0.0725. The van der Waals surface area contributed by atoms with Crippen LogP contribution in [-0.4, -0.2) is 92.8 Å². The molecule has 3 aliphatic heterocycles. The summed E-state index contributed by atoms with van der Waals surface area (Å²) in [5.74, 6) is -8.63. The highest BCUT2D eigenvalue weighted by molar-refractivity contribution is 6.23. The number of allylic oxidation sites excluding steroid dienone is 2. The van der Waals surface area contributed by atoms with Crippen molar-refractivity contribution in [1.82, 2.24) is 0 Å². The number of phenolic OH excluding ortho intramolecular Hbond substituents is 3. The van der Waals surface area contributed by atoms with E-state index >= 15 is 0 Å². The van der Waals surface area contributed by atoms with Crippen LogP contribution < -0.4 is 10.1 Å². The molecule has 0 fully saturated rings. The standard InChI is InChI=1S/C41H54N2O13/c1-18(2)56-42-17-26-31-36(49)29-28(35(26)48)30-38(24(8)34(29)47)55-41(10,39(30)50)53-16-15-27(52-11)21(5)37(54-25(9)44)23(7)33(46)22(6)32(45)19(3)13-12-14-20(4)40(51)43-31/h12-19,21-23,27,32-33,37,45-49H,1-11H3,(H,43,51)/b13-12?,16-15?,20-14?,42-17+. The number of nitrogens with one attached hydrogen (secondary N) is 1. The Kier molecular flexibility index (Phi) is 13.5. The van der Waals surface area contributed by atoms with Crippen molar-refractivity contribution in [2.75, 3.05) is 12.4 Å². The molecule has 3 aliphatic rings. The summed E-state index contributed by atoms with van der Waals surface area (Å²) in [6.07, 6.45) is 4.11. The number of methoxy groups -OCH3 is 1. The minimum atomic E-state index is -2.06. The number of oxime groups is 1. The molecular formula is C41H54N2O13. The first-order valence-electron chi connectivity index (χ1n) is 18.4. The Morgan fingerprint density at radius 2 is 1.62 bits per heavy atom. The molecular weight excluding hydrogens is 728 g/mol. The van der Waals surface area contributed by atoms with Gasteiger partial charge >= 0.3 is 11.8 Å². The van der Waals surface area contributed by atoms with E-state index in [0.29, 0.717) is 0 Å². The molecule has 5 bridgehead atoms. The predicted molar refractivity (Wildman–Crippen MR) is 208 cm³/mol. The maximum Gasteiger partial charge on any atom is 0.312 e. The maximum absolute atomic E-state index is 14.3. The molecule has 1 amide bonds. The van der Waals surface area contributed by atoms with Gasteiger partial charge in [-0.15, -0.1) is 0 Å². The third-order valence-electron chi connectivity index (χ3n) is 10.5. The molecule has 3 heterocycles. The molecule has 56 heavy (non-hydrogen) atoms. The van der Waals surface area contributed by atoms with E-state index in [9.17, 15) is 39.9 Å². The first-order chi connectivity index (χ1) is 26.2. The molecule has 9 atom stereocenters. The summed E-state index contributed by atoms with van der Waals surface area (Å²) in [7, 11) is 1.43. The number of ether oxygens (including phenoxy) is 4. The van der Waals surface area contributed by atoms with Crippen LogP contribution in [0.25, 0.3) is 10.8 Å². The van der Waals surface area contributed by atoms with Crippen molar-refractivity contribution >= 4 is 40.3 Å². The van der Waals surface area contributed by atoms with E-state index < -0.39 is 88.8 Å². The van der Waals surface area contributed by atoms with Crippen molar-refractivity contribution in [2.45, 2.75) is 106 Å². The number of hydrogen-bond donors (Lipinski definition) is 6. The Morgan fingerprint density at radius 3 is 2.23 bits per heavy atom. The van der Waals surface area contributed by atoms with Gasteiger partial charge in [0.05, 0.1) is 53.0 Å². The van der Waals surface area contributed by atoms with Crippen molar-refractivity contribution in [1.29, 1.82) is 0 Å². The van der Waals surface area contributed by atoms with Crippen LogP contribution in [0.1, 0.15) is 83.8 Å². The molecule has 0 spiro atoms. The predicted octanol–water partition coefficient (Wildman–Crippen LogP) is 5.51. The number of aliphatic hydroxyl groups excluding tert-OH is 2. The molecule has 5 rings (SSSR count). The normalized spacial score (nSPS) is 29.1. The Balaban J connectivity index is 1.97. The highest BCUT2D eigenvalue weighted by atomic mass is 16.7. The van der Waals surface area contributed by atoms with E-state index in [1.165, 1.54) is 53.2 Å². The SMILES string of the molecule is COC1C=COC2(C)Oc3c(C)c(O)c4c(O)c(c(/C=N/OC(C)C)c(O)c4c3C2=O)NC(=O)C(C)=CC=CC(C)C(O)C(C)C(O)C(C)C(OC(C)=O)C1C. The number of hydrogen-bond acceptors (Lipinski definition) is 14. The molecule has 6 N–H and O–H groups in total. The fraction of sp³-hybridized carbons (Fsp3) is 0.512. The number of ketones is 1. The van der Waals surface area contributed by atoms with Crippen LogP contribution in [0.5, 0.6) is 23.0 Å². The highest BCUT2D eigenvalue weighted by Crippen LogP contribution is 2.55. The van der Waals surface area contributed by atoms with Gasteiger partial charge in [-0.25, -0.2) is 0 Å². The number of aromatic hydroxyl groups is 3. The molecule has 2 aromatic rings. The van der Waals surface area contributed by atoms with Gasteiger partial charge in [-0.2, -0.15) is 0 Å². The fourth-order valence-electron chi connectivity index (χ4n) is 7.08. The topological polar surface area (TPSA) is 223 Å². The van der Waals surface area contributed by atoms with Crippen LogP contribution in [0, 0.1) is 30.6 Å². The number of phenols is 3. The number of benzene rings is 2. The molecule has 2 aromatic carbocycles. The zero-order valence-electron chi connectivity index (χ0n) is 33.6. The van der Waals surface area contributed by atoms with Crippen molar-refractivity contribution < 1.29 is 63.7 Å². The number of nitrogens with zero attached hydrogens (tertiary/aromatic N) is 1. The van der Waals surface area contributed by atoms with Gasteiger partial charge < -0.3 is 54.6 Å². The van der Waals surface area contributed by atoms with Gasteiger partial charge in [-0.05, 0) is 33.8 Å². The van der Waals surface area contributed by atoms with E-state index in [-0.39, 0.29) is 50.6 Å². The van der Waals surface area contributed by atoms with Gasteiger partial charge in [0.1, 0.15) is 29.5 Å². The minimum Gasteiger partial charge on any atom is -0.507 e. The summed E-state index contributed by atoms with van der Waals surface area (Å²) in [6, 6.07) is 0. The molecule has 15 heteroatoms. The third kappa shape index (κ3) is 8.49. The molecule has 0 saturated heterocycles. The zero-order valence-corrected chi connectivity index (χ0v) is 33.6. The zero-order chi connectivity index (χ0) is 42.0. The summed E-state index contributed by atoms with van der Waals surface area (Å²) in [5.41, 5.74) is -0.618. The number of carbonyl (C=O) groups is 3. The van der Waals surface area contributed by atoms with Gasteiger partial charge in [-0.1, -0.05) is 51.1 Å². The second kappa shape index (κ2) is 17.3. The maximum atomic E-state index is 14.3. The van der Waals surface area contributed by atoms with E-state index in [1.807, 2.05) is 0 Å². The van der Waals surface area contributed by atoms with Gasteiger partial charge in [-0.3, -0.25) is 14.4 Å². The lowest BCUT2D eigenvalue weighted by Gasteiger charge is -2.38. The largest absolute Gasteiger partial charge is 0.507 e. The third-order valence-corrected chi connectivity index (χ3v) is 10.5. The number of amides is 1. The van der Waals surface area contributed by atoms with Gasteiger partial charge in [0, 0.05) is 61.2 Å². The van der Waals surface area contributed by atoms with Crippen molar-refractivity contribution in [2.24, 2.45) is 28.8 Å². The summed E-state index contributed by atoms with van der Waals surface area (Å²) in [6.45, 7) is 15.8. The molecule has 15 nitrogen and oxygen atoms in total. The number of aliphatic hydroxyl groups is 2. The first kappa shape index (κ1) is 43.6. The van der Waals surface area contributed by atoms with Crippen molar-refractivity contribution in [3.8, 4) is 23.0 Å². The Bertz CT molecular complexity index is 1970. The molecule has 306 valence electrons. The lowest BCUT2D eigenvalue weighted by Crippen LogP contribution is -2.46. The lowest BCUT2D eigenvalue weighted by molar-refractivity contribution is -0.160. The van der Waals surface area contributed by atoms with Crippen LogP contribution >= 0.6 is 0 Å². The smallest absolute Gasteiger partial charge is 0.312 e. The number of Topliss-reactive ketones (excluding diaryl/α,β-unsaturated/α-hetero) is 1. The number of anilines is 1. The Labute approximate surface area is 326 Å².